The Balaban J connectivity index is 2.64. The van der Waals surface area contributed by atoms with Crippen LogP contribution in [0.3, 0.4) is 0 Å². The molecule has 1 aromatic rings. The number of halogens is 1. The Morgan fingerprint density at radius 2 is 2.29 bits per heavy atom. The molecule has 0 unspecified atom stereocenters. The standard InChI is InChI=1S/C12H14ClN3O/c1-2-3-6-15-12(17)16-11-7-10(13)5-4-9(11)8-14/h4-5,7H,2-3,6H2,1H3,(H2,15,16,17). The fraction of sp³-hybridized carbons (Fsp3) is 0.333. The molecule has 5 heteroatoms. The molecule has 4 nitrogen and oxygen atoms in total. The third-order valence-corrected chi connectivity index (χ3v) is 2.40. The quantitative estimate of drug-likeness (QED) is 0.808. The van der Waals surface area contributed by atoms with Crippen molar-refractivity contribution in [1.29, 1.82) is 5.26 Å². The first-order valence-electron chi connectivity index (χ1n) is 5.42. The summed E-state index contributed by atoms with van der Waals surface area (Å²) < 4.78 is 0. The second-order valence-electron chi connectivity index (χ2n) is 3.54. The van der Waals surface area contributed by atoms with Crippen LogP contribution in [0.25, 0.3) is 0 Å². The lowest BCUT2D eigenvalue weighted by atomic mass is 10.2. The predicted molar refractivity (Wildman–Crippen MR) is 68.1 cm³/mol. The minimum atomic E-state index is -0.322. The molecule has 0 radical (unpaired) electrons. The summed E-state index contributed by atoms with van der Waals surface area (Å²) in [6, 6.07) is 6.41. The highest BCUT2D eigenvalue weighted by atomic mass is 35.5. The van der Waals surface area contributed by atoms with Crippen molar-refractivity contribution in [3.63, 3.8) is 0 Å². The highest BCUT2D eigenvalue weighted by molar-refractivity contribution is 6.31. The first-order chi connectivity index (χ1) is 8.17. The molecule has 17 heavy (non-hydrogen) atoms. The molecule has 0 bridgehead atoms. The number of carbonyl (C=O) groups is 1. The fourth-order valence-corrected chi connectivity index (χ4v) is 1.43. The third kappa shape index (κ3) is 4.33. The highest BCUT2D eigenvalue weighted by Crippen LogP contribution is 2.20. The van der Waals surface area contributed by atoms with E-state index in [2.05, 4.69) is 10.6 Å². The van der Waals surface area contributed by atoms with Crippen molar-refractivity contribution in [3.05, 3.63) is 28.8 Å². The molecular weight excluding hydrogens is 238 g/mol. The van der Waals surface area contributed by atoms with Gasteiger partial charge in [-0.3, -0.25) is 0 Å². The number of rotatable bonds is 4. The van der Waals surface area contributed by atoms with E-state index in [9.17, 15) is 4.79 Å². The van der Waals surface area contributed by atoms with Crippen molar-refractivity contribution in [2.75, 3.05) is 11.9 Å². The van der Waals surface area contributed by atoms with Crippen molar-refractivity contribution in [2.24, 2.45) is 0 Å². The minimum Gasteiger partial charge on any atom is -0.338 e. The van der Waals surface area contributed by atoms with E-state index in [1.165, 1.54) is 0 Å². The van der Waals surface area contributed by atoms with Crippen LogP contribution in [0, 0.1) is 11.3 Å². The Kier molecular flexibility index (Phi) is 5.31. The third-order valence-electron chi connectivity index (χ3n) is 2.17. The molecule has 0 saturated heterocycles. The van der Waals surface area contributed by atoms with Crippen molar-refractivity contribution in [1.82, 2.24) is 5.32 Å². The Bertz CT molecular complexity index is 440. The van der Waals surface area contributed by atoms with Gasteiger partial charge >= 0.3 is 6.03 Å². The molecule has 0 aliphatic carbocycles. The van der Waals surface area contributed by atoms with Crippen LogP contribution in [0.2, 0.25) is 5.02 Å². The summed E-state index contributed by atoms with van der Waals surface area (Å²) in [4.78, 5) is 11.5. The summed E-state index contributed by atoms with van der Waals surface area (Å²) in [5.74, 6) is 0. The normalized spacial score (nSPS) is 9.47. The number of hydrogen-bond donors (Lipinski definition) is 2. The largest absolute Gasteiger partial charge is 0.338 e. The first kappa shape index (κ1) is 13.3. The van der Waals surface area contributed by atoms with Gasteiger partial charge in [-0.25, -0.2) is 4.79 Å². The SMILES string of the molecule is CCCCNC(=O)Nc1cc(Cl)ccc1C#N. The number of nitrogens with one attached hydrogen (secondary N) is 2. The minimum absolute atomic E-state index is 0.322. The average Bonchev–Trinajstić information content (AvgIpc) is 2.29. The second kappa shape index (κ2) is 6.77. The summed E-state index contributed by atoms with van der Waals surface area (Å²) >= 11 is 5.80. The maximum absolute atomic E-state index is 11.5. The molecule has 1 aromatic carbocycles. The van der Waals surface area contributed by atoms with E-state index >= 15 is 0 Å². The molecule has 0 atom stereocenters. The van der Waals surface area contributed by atoms with Crippen molar-refractivity contribution < 1.29 is 4.79 Å². The lowest BCUT2D eigenvalue weighted by molar-refractivity contribution is 0.252. The van der Waals surface area contributed by atoms with E-state index in [-0.39, 0.29) is 6.03 Å². The van der Waals surface area contributed by atoms with E-state index in [1.807, 2.05) is 13.0 Å². The number of anilines is 1. The van der Waals surface area contributed by atoms with E-state index in [4.69, 9.17) is 16.9 Å². The van der Waals surface area contributed by atoms with Gasteiger partial charge in [0.05, 0.1) is 11.3 Å². The number of unbranched alkanes of at least 4 members (excludes halogenated alkanes) is 1. The molecule has 0 aromatic heterocycles. The second-order valence-corrected chi connectivity index (χ2v) is 3.97. The summed E-state index contributed by atoms with van der Waals surface area (Å²) in [6.07, 6.45) is 1.94. The number of amides is 2. The van der Waals surface area contributed by atoms with Gasteiger partial charge in [-0.15, -0.1) is 0 Å². The lowest BCUT2D eigenvalue weighted by Crippen LogP contribution is -2.29. The molecule has 1 rings (SSSR count). The monoisotopic (exact) mass is 251 g/mol. The summed E-state index contributed by atoms with van der Waals surface area (Å²) in [6.45, 7) is 2.66. The van der Waals surface area contributed by atoms with Gasteiger partial charge in [0.25, 0.3) is 0 Å². The smallest absolute Gasteiger partial charge is 0.319 e. The summed E-state index contributed by atoms with van der Waals surface area (Å²) in [5, 5.41) is 14.7. The van der Waals surface area contributed by atoms with Gasteiger partial charge < -0.3 is 10.6 Å². The number of hydrogen-bond acceptors (Lipinski definition) is 2. The fourth-order valence-electron chi connectivity index (χ4n) is 1.26. The van der Waals surface area contributed by atoms with Crippen LogP contribution in [0.5, 0.6) is 0 Å². The van der Waals surface area contributed by atoms with E-state index in [0.29, 0.717) is 22.8 Å². The van der Waals surface area contributed by atoms with Crippen LogP contribution in [-0.4, -0.2) is 12.6 Å². The molecule has 2 amide bonds. The number of nitrogens with zero attached hydrogens (tertiary/aromatic N) is 1. The topological polar surface area (TPSA) is 64.9 Å². The predicted octanol–water partition coefficient (Wildman–Crippen LogP) is 3.13. The molecule has 0 aliphatic heterocycles. The highest BCUT2D eigenvalue weighted by Gasteiger charge is 2.06. The maximum atomic E-state index is 11.5. The zero-order chi connectivity index (χ0) is 12.7. The summed E-state index contributed by atoms with van der Waals surface area (Å²) in [5.41, 5.74) is 0.814. The van der Waals surface area contributed by atoms with Gasteiger partial charge in [0.2, 0.25) is 0 Å². The molecule has 0 heterocycles. The van der Waals surface area contributed by atoms with Crippen molar-refractivity contribution in [2.45, 2.75) is 19.8 Å². The maximum Gasteiger partial charge on any atom is 0.319 e. The van der Waals surface area contributed by atoms with Crippen LogP contribution in [0.1, 0.15) is 25.3 Å². The number of benzene rings is 1. The zero-order valence-corrected chi connectivity index (χ0v) is 10.3. The lowest BCUT2D eigenvalue weighted by Gasteiger charge is -2.08. The van der Waals surface area contributed by atoms with Gasteiger partial charge in [-0.1, -0.05) is 24.9 Å². The average molecular weight is 252 g/mol. The van der Waals surface area contributed by atoms with Gasteiger partial charge in [0.1, 0.15) is 6.07 Å². The van der Waals surface area contributed by atoms with Gasteiger partial charge in [-0.05, 0) is 24.6 Å². The molecule has 0 fully saturated rings. The van der Waals surface area contributed by atoms with E-state index in [1.54, 1.807) is 18.2 Å². The Morgan fingerprint density at radius 3 is 2.94 bits per heavy atom. The van der Waals surface area contributed by atoms with Crippen molar-refractivity contribution in [3.8, 4) is 6.07 Å². The van der Waals surface area contributed by atoms with Crippen LogP contribution in [0.15, 0.2) is 18.2 Å². The van der Waals surface area contributed by atoms with Crippen LogP contribution < -0.4 is 10.6 Å². The van der Waals surface area contributed by atoms with Crippen molar-refractivity contribution >= 4 is 23.3 Å². The number of nitriles is 1. The Morgan fingerprint density at radius 1 is 1.53 bits per heavy atom. The molecule has 0 saturated carbocycles. The first-order valence-corrected chi connectivity index (χ1v) is 5.79. The van der Waals surface area contributed by atoms with Gasteiger partial charge in [-0.2, -0.15) is 5.26 Å². The zero-order valence-electron chi connectivity index (χ0n) is 9.59. The number of urea groups is 1. The van der Waals surface area contributed by atoms with E-state index < -0.39 is 0 Å². The number of carbonyl (C=O) groups excluding carboxylic acids is 1. The molecule has 0 aliphatic rings. The van der Waals surface area contributed by atoms with Gasteiger partial charge in [0.15, 0.2) is 0 Å². The summed E-state index contributed by atoms with van der Waals surface area (Å²) in [7, 11) is 0. The Hall–Kier alpha value is -1.73. The van der Waals surface area contributed by atoms with Crippen LogP contribution in [0.4, 0.5) is 10.5 Å². The molecule has 2 N–H and O–H groups in total. The van der Waals surface area contributed by atoms with Crippen LogP contribution >= 0.6 is 11.6 Å². The van der Waals surface area contributed by atoms with Gasteiger partial charge in [0, 0.05) is 11.6 Å². The Labute approximate surface area is 106 Å². The molecular formula is C12H14ClN3O. The molecule has 90 valence electrons. The van der Waals surface area contributed by atoms with Crippen LogP contribution in [-0.2, 0) is 0 Å². The van der Waals surface area contributed by atoms with E-state index in [0.717, 1.165) is 12.8 Å². The molecule has 0 spiro atoms.